The van der Waals surface area contributed by atoms with Gasteiger partial charge in [-0.2, -0.15) is 4.98 Å². The summed E-state index contributed by atoms with van der Waals surface area (Å²) in [6.45, 7) is 0.312. The number of benzene rings is 1. The van der Waals surface area contributed by atoms with Gasteiger partial charge in [-0.25, -0.2) is 9.37 Å². The molecule has 0 aliphatic heterocycles. The molecule has 1 unspecified atom stereocenters. The predicted octanol–water partition coefficient (Wildman–Crippen LogP) is 4.41. The molecule has 0 bridgehead atoms. The van der Waals surface area contributed by atoms with Gasteiger partial charge in [-0.05, 0) is 49.3 Å². The van der Waals surface area contributed by atoms with Gasteiger partial charge in [0.15, 0.2) is 5.82 Å². The second kappa shape index (κ2) is 8.41. The van der Waals surface area contributed by atoms with Crippen molar-refractivity contribution in [2.45, 2.75) is 32.3 Å². The van der Waals surface area contributed by atoms with E-state index in [-0.39, 0.29) is 13.2 Å². The van der Waals surface area contributed by atoms with Crippen LogP contribution < -0.4 is 4.74 Å². The smallest absolute Gasteiger partial charge is 0.217 e. The maximum Gasteiger partial charge on any atom is 0.217 e. The third-order valence-corrected chi connectivity index (χ3v) is 4.60. The van der Waals surface area contributed by atoms with Crippen LogP contribution in [-0.4, -0.2) is 21.7 Å². The molecule has 1 aliphatic rings. The molecule has 0 saturated carbocycles. The largest absolute Gasteiger partial charge is 0.473 e. The van der Waals surface area contributed by atoms with Gasteiger partial charge in [-0.1, -0.05) is 23.7 Å². The van der Waals surface area contributed by atoms with Gasteiger partial charge >= 0.3 is 0 Å². The van der Waals surface area contributed by atoms with Gasteiger partial charge in [0.05, 0.1) is 0 Å². The van der Waals surface area contributed by atoms with Gasteiger partial charge in [0.25, 0.3) is 0 Å². The van der Waals surface area contributed by atoms with Crippen LogP contribution in [-0.2, 0) is 6.61 Å². The van der Waals surface area contributed by atoms with E-state index in [9.17, 15) is 4.39 Å². The lowest BCUT2D eigenvalue weighted by molar-refractivity contribution is 0.251. The molecule has 2 aromatic rings. The molecular formula is C19H20ClFN2O2. The minimum atomic E-state index is -0.397. The van der Waals surface area contributed by atoms with Crippen LogP contribution in [0.5, 0.6) is 5.88 Å². The summed E-state index contributed by atoms with van der Waals surface area (Å²) in [6.07, 6.45) is 7.47. The van der Waals surface area contributed by atoms with Crippen LogP contribution in [0.15, 0.2) is 36.5 Å². The molecule has 1 aromatic carbocycles. The average molecular weight is 363 g/mol. The van der Waals surface area contributed by atoms with Crippen molar-refractivity contribution in [3.8, 4) is 5.88 Å². The molecule has 1 N–H and O–H groups in total. The number of allylic oxidation sites excluding steroid dienone is 2. The van der Waals surface area contributed by atoms with E-state index in [1.165, 1.54) is 6.07 Å². The number of hydrogen-bond donors (Lipinski definition) is 1. The van der Waals surface area contributed by atoms with Gasteiger partial charge in [0, 0.05) is 29.5 Å². The van der Waals surface area contributed by atoms with Crippen LogP contribution in [0, 0.1) is 11.7 Å². The quantitative estimate of drug-likeness (QED) is 0.826. The van der Waals surface area contributed by atoms with Gasteiger partial charge in [0.2, 0.25) is 5.88 Å². The molecule has 3 rings (SSSR count). The Kier molecular flexibility index (Phi) is 6.00. The Labute approximate surface area is 151 Å². The number of aromatic nitrogens is 2. The second-order valence-electron chi connectivity index (χ2n) is 6.12. The van der Waals surface area contributed by atoms with Crippen molar-refractivity contribution in [1.82, 2.24) is 9.97 Å². The van der Waals surface area contributed by atoms with Crippen molar-refractivity contribution in [3.05, 3.63) is 58.8 Å². The molecule has 0 spiro atoms. The SMILES string of the molecule is OCCC1CC=C(c2nccc(OCc3ccc(Cl)cc3F)n2)CC1. The summed E-state index contributed by atoms with van der Waals surface area (Å²) in [5.74, 6) is 1.20. The Morgan fingerprint density at radius 2 is 2.20 bits per heavy atom. The van der Waals surface area contributed by atoms with Crippen molar-refractivity contribution in [2.24, 2.45) is 5.92 Å². The fourth-order valence-corrected chi connectivity index (χ4v) is 3.06. The minimum Gasteiger partial charge on any atom is -0.473 e. The lowest BCUT2D eigenvalue weighted by Gasteiger charge is -2.20. The highest BCUT2D eigenvalue weighted by Gasteiger charge is 2.17. The molecule has 6 heteroatoms. The first-order chi connectivity index (χ1) is 12.2. The average Bonchev–Trinajstić information content (AvgIpc) is 2.62. The fraction of sp³-hybridized carbons (Fsp3) is 0.368. The van der Waals surface area contributed by atoms with Crippen LogP contribution in [0.1, 0.15) is 37.1 Å². The third kappa shape index (κ3) is 4.77. The first-order valence-corrected chi connectivity index (χ1v) is 8.73. The molecule has 1 aliphatic carbocycles. The zero-order valence-electron chi connectivity index (χ0n) is 13.8. The predicted molar refractivity (Wildman–Crippen MR) is 94.8 cm³/mol. The number of hydrogen-bond acceptors (Lipinski definition) is 4. The Morgan fingerprint density at radius 3 is 2.92 bits per heavy atom. The molecule has 1 atom stereocenters. The van der Waals surface area contributed by atoms with Crippen LogP contribution in [0.2, 0.25) is 5.02 Å². The minimum absolute atomic E-state index is 0.0804. The highest BCUT2D eigenvalue weighted by Crippen LogP contribution is 2.30. The van der Waals surface area contributed by atoms with Crippen molar-refractivity contribution in [1.29, 1.82) is 0 Å². The molecule has 25 heavy (non-hydrogen) atoms. The number of ether oxygens (including phenoxy) is 1. The van der Waals surface area contributed by atoms with Crippen LogP contribution in [0.3, 0.4) is 0 Å². The van der Waals surface area contributed by atoms with E-state index >= 15 is 0 Å². The van der Waals surface area contributed by atoms with Crippen molar-refractivity contribution >= 4 is 17.2 Å². The topological polar surface area (TPSA) is 55.2 Å². The fourth-order valence-electron chi connectivity index (χ4n) is 2.90. The molecule has 0 radical (unpaired) electrons. The van der Waals surface area contributed by atoms with E-state index in [4.69, 9.17) is 21.4 Å². The molecule has 1 heterocycles. The number of aliphatic hydroxyl groups is 1. The molecule has 0 amide bonds. The first-order valence-electron chi connectivity index (χ1n) is 8.35. The molecule has 0 saturated heterocycles. The summed E-state index contributed by atoms with van der Waals surface area (Å²) in [7, 11) is 0. The van der Waals surface area contributed by atoms with E-state index in [1.54, 1.807) is 24.4 Å². The molecule has 0 fully saturated rings. The first kappa shape index (κ1) is 17.8. The van der Waals surface area contributed by atoms with E-state index in [0.717, 1.165) is 31.3 Å². The van der Waals surface area contributed by atoms with Gasteiger partial charge < -0.3 is 9.84 Å². The highest BCUT2D eigenvalue weighted by atomic mass is 35.5. The summed E-state index contributed by atoms with van der Waals surface area (Å²) >= 11 is 5.75. The normalized spacial score (nSPS) is 17.2. The van der Waals surface area contributed by atoms with Crippen molar-refractivity contribution in [3.63, 3.8) is 0 Å². The van der Waals surface area contributed by atoms with E-state index in [1.807, 2.05) is 0 Å². The molecule has 1 aromatic heterocycles. The standard InChI is InChI=1S/C19H20ClFN2O2/c20-16-6-5-15(17(21)11-16)12-25-18-7-9-22-19(23-18)14-3-1-13(2-4-14)8-10-24/h3,5-7,9,11,13,24H,1-2,4,8,10,12H2. The lowest BCUT2D eigenvalue weighted by Crippen LogP contribution is -2.09. The summed E-state index contributed by atoms with van der Waals surface area (Å²) in [4.78, 5) is 8.75. The van der Waals surface area contributed by atoms with Crippen LogP contribution >= 0.6 is 11.6 Å². The van der Waals surface area contributed by atoms with E-state index in [2.05, 4.69) is 16.0 Å². The Morgan fingerprint density at radius 1 is 1.32 bits per heavy atom. The Hall–Kier alpha value is -1.98. The van der Waals surface area contributed by atoms with E-state index in [0.29, 0.717) is 28.2 Å². The van der Waals surface area contributed by atoms with Gasteiger partial charge in [0.1, 0.15) is 12.4 Å². The van der Waals surface area contributed by atoms with Crippen molar-refractivity contribution < 1.29 is 14.2 Å². The summed E-state index contributed by atoms with van der Waals surface area (Å²) in [5.41, 5.74) is 1.52. The highest BCUT2D eigenvalue weighted by molar-refractivity contribution is 6.30. The number of aliphatic hydroxyl groups excluding tert-OH is 1. The van der Waals surface area contributed by atoms with Crippen LogP contribution in [0.25, 0.3) is 5.57 Å². The third-order valence-electron chi connectivity index (χ3n) is 4.36. The monoisotopic (exact) mass is 362 g/mol. The number of halogens is 2. The molecule has 4 nitrogen and oxygen atoms in total. The second-order valence-corrected chi connectivity index (χ2v) is 6.56. The van der Waals surface area contributed by atoms with Gasteiger partial charge in [-0.15, -0.1) is 0 Å². The summed E-state index contributed by atoms with van der Waals surface area (Å²) in [6, 6.07) is 6.16. The maximum absolute atomic E-state index is 13.8. The zero-order valence-corrected chi connectivity index (χ0v) is 14.5. The zero-order chi connectivity index (χ0) is 17.6. The lowest BCUT2D eigenvalue weighted by atomic mass is 9.87. The summed E-state index contributed by atoms with van der Waals surface area (Å²) < 4.78 is 19.4. The maximum atomic E-state index is 13.8. The Balaban J connectivity index is 1.65. The van der Waals surface area contributed by atoms with E-state index < -0.39 is 5.82 Å². The molecular weight excluding hydrogens is 343 g/mol. The number of nitrogens with zero attached hydrogens (tertiary/aromatic N) is 2. The summed E-state index contributed by atoms with van der Waals surface area (Å²) in [5, 5.41) is 9.39. The molecule has 132 valence electrons. The van der Waals surface area contributed by atoms with Gasteiger partial charge in [-0.3, -0.25) is 0 Å². The number of rotatable bonds is 6. The Bertz CT molecular complexity index is 767. The van der Waals surface area contributed by atoms with Crippen LogP contribution in [0.4, 0.5) is 4.39 Å². The van der Waals surface area contributed by atoms with Crippen molar-refractivity contribution in [2.75, 3.05) is 6.61 Å².